The molecule has 31 heavy (non-hydrogen) atoms. The van der Waals surface area contributed by atoms with Crippen LogP contribution in [0.3, 0.4) is 0 Å². The van der Waals surface area contributed by atoms with Crippen LogP contribution >= 0.6 is 23.4 Å². The second kappa shape index (κ2) is 12.0. The van der Waals surface area contributed by atoms with Gasteiger partial charge in [-0.05, 0) is 80.5 Å². The van der Waals surface area contributed by atoms with Crippen LogP contribution in [0.4, 0.5) is 0 Å². The molecule has 7 heteroatoms. The van der Waals surface area contributed by atoms with Gasteiger partial charge in [-0.2, -0.15) is 0 Å². The molecule has 0 radical (unpaired) electrons. The molecule has 0 saturated carbocycles. The van der Waals surface area contributed by atoms with Crippen molar-refractivity contribution in [2.75, 3.05) is 25.4 Å². The van der Waals surface area contributed by atoms with Gasteiger partial charge in [0.25, 0.3) is 5.91 Å². The Morgan fingerprint density at radius 1 is 1.10 bits per heavy atom. The highest BCUT2D eigenvalue weighted by Crippen LogP contribution is 2.21. The average Bonchev–Trinajstić information content (AvgIpc) is 2.79. The van der Waals surface area contributed by atoms with Crippen molar-refractivity contribution in [3.05, 3.63) is 59.1 Å². The number of benzene rings is 2. The number of ether oxygens (including phenoxy) is 1. The van der Waals surface area contributed by atoms with E-state index in [-0.39, 0.29) is 17.9 Å². The van der Waals surface area contributed by atoms with E-state index >= 15 is 0 Å². The Labute approximate surface area is 193 Å². The SMILES string of the molecule is CCOc1ccc(C(=O)N2CCC(NC(=O)CCCSc3ccc(Cl)cc3)CC2)cc1. The largest absolute Gasteiger partial charge is 0.494 e. The number of carbonyl (C=O) groups excluding carboxylic acids is 2. The van der Waals surface area contributed by atoms with E-state index in [0.29, 0.717) is 31.7 Å². The minimum atomic E-state index is 0.0343. The number of rotatable bonds is 9. The number of carbonyl (C=O) groups is 2. The van der Waals surface area contributed by atoms with Gasteiger partial charge in [-0.1, -0.05) is 11.6 Å². The Balaban J connectivity index is 1.34. The van der Waals surface area contributed by atoms with Gasteiger partial charge in [0.2, 0.25) is 5.91 Å². The summed E-state index contributed by atoms with van der Waals surface area (Å²) in [5.41, 5.74) is 0.670. The van der Waals surface area contributed by atoms with Crippen molar-refractivity contribution >= 4 is 35.2 Å². The molecule has 1 aliphatic heterocycles. The topological polar surface area (TPSA) is 58.6 Å². The van der Waals surface area contributed by atoms with Crippen molar-refractivity contribution in [1.29, 1.82) is 0 Å². The maximum atomic E-state index is 12.7. The molecule has 3 rings (SSSR count). The summed E-state index contributed by atoms with van der Waals surface area (Å²) >= 11 is 7.62. The Morgan fingerprint density at radius 2 is 1.77 bits per heavy atom. The highest BCUT2D eigenvalue weighted by Gasteiger charge is 2.24. The maximum absolute atomic E-state index is 12.7. The zero-order valence-electron chi connectivity index (χ0n) is 17.8. The number of amides is 2. The molecule has 0 aromatic heterocycles. The zero-order chi connectivity index (χ0) is 22.1. The van der Waals surface area contributed by atoms with Gasteiger partial charge in [0, 0.05) is 41.0 Å². The van der Waals surface area contributed by atoms with Crippen LogP contribution in [0, 0.1) is 0 Å². The van der Waals surface area contributed by atoms with Crippen molar-refractivity contribution in [3.8, 4) is 5.75 Å². The van der Waals surface area contributed by atoms with Crippen molar-refractivity contribution in [2.45, 2.75) is 43.5 Å². The van der Waals surface area contributed by atoms with E-state index in [9.17, 15) is 9.59 Å². The highest BCUT2D eigenvalue weighted by molar-refractivity contribution is 7.99. The van der Waals surface area contributed by atoms with E-state index in [4.69, 9.17) is 16.3 Å². The maximum Gasteiger partial charge on any atom is 0.253 e. The molecule has 166 valence electrons. The lowest BCUT2D eigenvalue weighted by molar-refractivity contribution is -0.122. The van der Waals surface area contributed by atoms with Crippen molar-refractivity contribution < 1.29 is 14.3 Å². The van der Waals surface area contributed by atoms with Gasteiger partial charge in [-0.25, -0.2) is 0 Å². The summed E-state index contributed by atoms with van der Waals surface area (Å²) in [5, 5.41) is 3.86. The van der Waals surface area contributed by atoms with Crippen LogP contribution < -0.4 is 10.1 Å². The van der Waals surface area contributed by atoms with E-state index in [1.807, 2.05) is 60.4 Å². The van der Waals surface area contributed by atoms with Gasteiger partial charge < -0.3 is 15.0 Å². The Bertz CT molecular complexity index is 850. The molecule has 1 N–H and O–H groups in total. The summed E-state index contributed by atoms with van der Waals surface area (Å²) in [6.45, 7) is 3.85. The van der Waals surface area contributed by atoms with E-state index < -0.39 is 0 Å². The minimum Gasteiger partial charge on any atom is -0.494 e. The molecule has 0 bridgehead atoms. The molecule has 0 spiro atoms. The fraction of sp³-hybridized carbons (Fsp3) is 0.417. The lowest BCUT2D eigenvalue weighted by Crippen LogP contribution is -2.46. The lowest BCUT2D eigenvalue weighted by Gasteiger charge is -2.32. The molecule has 1 fully saturated rings. The second-order valence-electron chi connectivity index (χ2n) is 7.50. The summed E-state index contributed by atoms with van der Waals surface area (Å²) < 4.78 is 5.43. The summed E-state index contributed by atoms with van der Waals surface area (Å²) in [7, 11) is 0. The van der Waals surface area contributed by atoms with Crippen molar-refractivity contribution in [3.63, 3.8) is 0 Å². The van der Waals surface area contributed by atoms with E-state index in [2.05, 4.69) is 5.32 Å². The molecule has 2 aromatic carbocycles. The number of hydrogen-bond acceptors (Lipinski definition) is 4. The van der Waals surface area contributed by atoms with Gasteiger partial charge >= 0.3 is 0 Å². The number of halogens is 1. The van der Waals surface area contributed by atoms with Crippen LogP contribution in [0.25, 0.3) is 0 Å². The summed E-state index contributed by atoms with van der Waals surface area (Å²) in [6.07, 6.45) is 2.92. The van der Waals surface area contributed by atoms with Crippen LogP contribution in [0.1, 0.15) is 43.0 Å². The predicted octanol–water partition coefficient (Wildman–Crippen LogP) is 5.03. The molecule has 0 unspecified atom stereocenters. The molecule has 5 nitrogen and oxygen atoms in total. The summed E-state index contributed by atoms with van der Waals surface area (Å²) in [4.78, 5) is 28.0. The Kier molecular flexibility index (Phi) is 9.10. The van der Waals surface area contributed by atoms with Crippen LogP contribution in [-0.4, -0.2) is 48.2 Å². The first-order valence-electron chi connectivity index (χ1n) is 10.7. The third kappa shape index (κ3) is 7.47. The molecular weight excluding hydrogens is 432 g/mol. The first-order chi connectivity index (χ1) is 15.0. The average molecular weight is 461 g/mol. The third-order valence-corrected chi connectivity index (χ3v) is 6.54. The standard InChI is InChI=1S/C24H29ClN2O3S/c1-2-30-21-9-5-18(6-10-21)24(29)27-15-13-20(14-16-27)26-23(28)4-3-17-31-22-11-7-19(25)8-12-22/h5-12,20H,2-4,13-17H2,1H3,(H,26,28). The molecular formula is C24H29ClN2O3S. The van der Waals surface area contributed by atoms with Gasteiger partial charge in [0.15, 0.2) is 0 Å². The van der Waals surface area contributed by atoms with E-state index in [1.165, 1.54) is 0 Å². The molecule has 1 aliphatic rings. The van der Waals surface area contributed by atoms with E-state index in [0.717, 1.165) is 40.7 Å². The van der Waals surface area contributed by atoms with Crippen LogP contribution in [0.15, 0.2) is 53.4 Å². The van der Waals surface area contributed by atoms with E-state index in [1.54, 1.807) is 11.8 Å². The zero-order valence-corrected chi connectivity index (χ0v) is 19.4. The fourth-order valence-corrected chi connectivity index (χ4v) is 4.50. The monoisotopic (exact) mass is 460 g/mol. The summed E-state index contributed by atoms with van der Waals surface area (Å²) in [6, 6.07) is 15.2. The van der Waals surface area contributed by atoms with Gasteiger partial charge in [-0.15, -0.1) is 11.8 Å². The smallest absolute Gasteiger partial charge is 0.253 e. The van der Waals surface area contributed by atoms with Crippen molar-refractivity contribution in [2.24, 2.45) is 0 Å². The number of nitrogens with zero attached hydrogens (tertiary/aromatic N) is 1. The van der Waals surface area contributed by atoms with Crippen LogP contribution in [0.5, 0.6) is 5.75 Å². The first kappa shape index (κ1) is 23.5. The summed E-state index contributed by atoms with van der Waals surface area (Å²) in [5.74, 6) is 1.79. The van der Waals surface area contributed by atoms with Gasteiger partial charge in [0.1, 0.15) is 5.75 Å². The number of hydrogen-bond donors (Lipinski definition) is 1. The molecule has 1 saturated heterocycles. The first-order valence-corrected chi connectivity index (χ1v) is 12.1. The second-order valence-corrected chi connectivity index (χ2v) is 9.10. The normalized spacial score (nSPS) is 14.3. The Morgan fingerprint density at radius 3 is 2.42 bits per heavy atom. The highest BCUT2D eigenvalue weighted by atomic mass is 35.5. The third-order valence-electron chi connectivity index (χ3n) is 5.19. The lowest BCUT2D eigenvalue weighted by atomic mass is 10.0. The molecule has 0 atom stereocenters. The van der Waals surface area contributed by atoms with Crippen molar-refractivity contribution in [1.82, 2.24) is 10.2 Å². The quantitative estimate of drug-likeness (QED) is 0.421. The van der Waals surface area contributed by atoms with Gasteiger partial charge in [-0.3, -0.25) is 9.59 Å². The minimum absolute atomic E-state index is 0.0343. The van der Waals surface area contributed by atoms with Gasteiger partial charge in [0.05, 0.1) is 6.61 Å². The Hall–Kier alpha value is -2.18. The molecule has 2 amide bonds. The number of piperidine rings is 1. The molecule has 0 aliphatic carbocycles. The van der Waals surface area contributed by atoms with Crippen LogP contribution in [-0.2, 0) is 4.79 Å². The molecule has 2 aromatic rings. The number of nitrogens with one attached hydrogen (secondary N) is 1. The molecule has 1 heterocycles. The number of thioether (sulfide) groups is 1. The van der Waals surface area contributed by atoms with Crippen LogP contribution in [0.2, 0.25) is 5.02 Å². The predicted molar refractivity (Wildman–Crippen MR) is 126 cm³/mol. The fourth-order valence-electron chi connectivity index (χ4n) is 3.52. The number of likely N-dealkylation sites (tertiary alicyclic amines) is 1.